The minimum atomic E-state index is -0.821. The third-order valence-corrected chi connectivity index (χ3v) is 5.60. The van der Waals surface area contributed by atoms with Gasteiger partial charge < -0.3 is 15.8 Å². The third-order valence-electron chi connectivity index (χ3n) is 5.60. The van der Waals surface area contributed by atoms with E-state index in [-0.39, 0.29) is 5.91 Å². The maximum atomic E-state index is 12.9. The van der Waals surface area contributed by atoms with Crippen molar-refractivity contribution in [3.05, 3.63) is 107 Å². The summed E-state index contributed by atoms with van der Waals surface area (Å²) in [5.74, 6) is 0.0943. The Hall–Kier alpha value is -3.60. The number of nitrogens with one attached hydrogen (secondary N) is 1. The van der Waals surface area contributed by atoms with Gasteiger partial charge in [-0.15, -0.1) is 0 Å². The van der Waals surface area contributed by atoms with Crippen LogP contribution >= 0.6 is 0 Å². The van der Waals surface area contributed by atoms with E-state index in [0.29, 0.717) is 30.3 Å². The van der Waals surface area contributed by atoms with Gasteiger partial charge in [-0.1, -0.05) is 88.1 Å². The smallest absolute Gasteiger partial charge is 0.247 e. The van der Waals surface area contributed by atoms with Gasteiger partial charge in [-0.25, -0.2) is 0 Å². The number of hydrogen-bond donors (Lipinski definition) is 2. The molecule has 2 amide bonds. The Labute approximate surface area is 217 Å². The molecule has 36 heavy (non-hydrogen) atoms. The number of hydrogen-bond acceptors (Lipinski definition) is 3. The molecule has 0 aliphatic heterocycles. The van der Waals surface area contributed by atoms with E-state index in [9.17, 15) is 9.59 Å². The fourth-order valence-corrected chi connectivity index (χ4v) is 3.40. The summed E-state index contributed by atoms with van der Waals surface area (Å²) in [6.45, 7) is 18.2. The number of nitrogens with two attached hydrogens (primary N) is 1. The topological polar surface area (TPSA) is 81.4 Å². The molecule has 194 valence electrons. The SMILES string of the molecule is C=C/C(=C\CC(C)C)CC(NC(=O)/C(C)=C/C(=C/C)C(=C\C(=C)OCc1ccccc1)/CC)C(N)=O. The molecule has 1 aromatic carbocycles. The van der Waals surface area contributed by atoms with Crippen molar-refractivity contribution in [1.82, 2.24) is 5.32 Å². The van der Waals surface area contributed by atoms with E-state index < -0.39 is 11.9 Å². The van der Waals surface area contributed by atoms with Gasteiger partial charge in [-0.2, -0.15) is 0 Å². The lowest BCUT2D eigenvalue weighted by atomic mass is 9.99. The van der Waals surface area contributed by atoms with Crippen LogP contribution in [0.4, 0.5) is 0 Å². The molecule has 5 nitrogen and oxygen atoms in total. The van der Waals surface area contributed by atoms with Gasteiger partial charge in [0.15, 0.2) is 0 Å². The van der Waals surface area contributed by atoms with E-state index in [1.807, 2.05) is 62.4 Å². The molecular weight excluding hydrogens is 448 g/mol. The summed E-state index contributed by atoms with van der Waals surface area (Å²) in [5, 5.41) is 2.78. The standard InChI is InChI=1S/C31H42N2O3/c1-8-25(17-16-22(4)5)20-29(30(32)34)33-31(35)23(6)18-27(9-2)28(10-3)19-24(7)36-21-26-14-12-11-13-15-26/h8-9,11-15,17-19,22,29H,1,7,10,16,20-21H2,2-6H3,(H2,32,34)(H,33,35)/b23-18+,25-17+,27-9-,28-19-. The van der Waals surface area contributed by atoms with E-state index in [1.165, 1.54) is 0 Å². The maximum Gasteiger partial charge on any atom is 0.247 e. The maximum absolute atomic E-state index is 12.9. The molecule has 3 N–H and O–H groups in total. The molecule has 0 saturated heterocycles. The lowest BCUT2D eigenvalue weighted by Crippen LogP contribution is -2.44. The van der Waals surface area contributed by atoms with Crippen LogP contribution in [0.2, 0.25) is 0 Å². The minimum absolute atomic E-state index is 0.305. The molecule has 0 spiro atoms. The second kappa shape index (κ2) is 16.1. The molecule has 0 aliphatic rings. The van der Waals surface area contributed by atoms with Crippen molar-refractivity contribution < 1.29 is 14.3 Å². The number of amides is 2. The number of carbonyl (C=O) groups is 2. The fraction of sp³-hybridized carbons (Fsp3) is 0.355. The molecule has 5 heteroatoms. The zero-order valence-electron chi connectivity index (χ0n) is 22.5. The van der Waals surface area contributed by atoms with Crippen molar-refractivity contribution in [2.75, 3.05) is 0 Å². The first-order chi connectivity index (χ1) is 17.1. The van der Waals surface area contributed by atoms with Gasteiger partial charge in [0.25, 0.3) is 0 Å². The van der Waals surface area contributed by atoms with Crippen molar-refractivity contribution in [2.45, 2.75) is 66.5 Å². The van der Waals surface area contributed by atoms with Gasteiger partial charge in [0.05, 0.1) is 0 Å². The van der Waals surface area contributed by atoms with Gasteiger partial charge in [0, 0.05) is 12.0 Å². The molecule has 0 bridgehead atoms. The van der Waals surface area contributed by atoms with Crippen molar-refractivity contribution in [1.29, 1.82) is 0 Å². The molecule has 0 fully saturated rings. The number of allylic oxidation sites excluding steroid dienone is 7. The quantitative estimate of drug-likeness (QED) is 0.168. The van der Waals surface area contributed by atoms with E-state index in [1.54, 1.807) is 19.1 Å². The Morgan fingerprint density at radius 2 is 1.83 bits per heavy atom. The number of benzene rings is 1. The Bertz CT molecular complexity index is 1030. The van der Waals surface area contributed by atoms with E-state index >= 15 is 0 Å². The molecule has 1 atom stereocenters. The second-order valence-corrected chi connectivity index (χ2v) is 9.08. The van der Waals surface area contributed by atoms with Crippen LogP contribution < -0.4 is 11.1 Å². The zero-order chi connectivity index (χ0) is 27.1. The molecule has 0 saturated carbocycles. The molecule has 1 rings (SSSR count). The van der Waals surface area contributed by atoms with Crippen LogP contribution in [0, 0.1) is 5.92 Å². The Balaban J connectivity index is 2.94. The lowest BCUT2D eigenvalue weighted by Gasteiger charge is -2.17. The minimum Gasteiger partial charge on any atom is -0.490 e. The highest BCUT2D eigenvalue weighted by molar-refractivity contribution is 5.96. The van der Waals surface area contributed by atoms with Crippen molar-refractivity contribution in [3.63, 3.8) is 0 Å². The number of primary amides is 1. The highest BCUT2D eigenvalue weighted by Crippen LogP contribution is 2.20. The first-order valence-electron chi connectivity index (χ1n) is 12.4. The van der Waals surface area contributed by atoms with Crippen molar-refractivity contribution in [3.8, 4) is 0 Å². The van der Waals surface area contributed by atoms with E-state index in [0.717, 1.165) is 35.1 Å². The summed E-state index contributed by atoms with van der Waals surface area (Å²) in [4.78, 5) is 25.0. The molecule has 0 heterocycles. The van der Waals surface area contributed by atoms with E-state index in [2.05, 4.69) is 32.3 Å². The second-order valence-electron chi connectivity index (χ2n) is 9.08. The van der Waals surface area contributed by atoms with Crippen LogP contribution in [0.3, 0.4) is 0 Å². The fourth-order valence-electron chi connectivity index (χ4n) is 3.40. The van der Waals surface area contributed by atoms with Gasteiger partial charge in [0.1, 0.15) is 18.4 Å². The van der Waals surface area contributed by atoms with Crippen molar-refractivity contribution in [2.24, 2.45) is 11.7 Å². The van der Waals surface area contributed by atoms with Gasteiger partial charge >= 0.3 is 0 Å². The summed E-state index contributed by atoms with van der Waals surface area (Å²) < 4.78 is 5.81. The molecule has 0 radical (unpaired) electrons. The number of rotatable bonds is 15. The summed E-state index contributed by atoms with van der Waals surface area (Å²) >= 11 is 0. The first kappa shape index (κ1) is 30.4. The molecule has 1 unspecified atom stereocenters. The average molecular weight is 491 g/mol. The van der Waals surface area contributed by atoms with Crippen LogP contribution in [0.15, 0.2) is 102 Å². The number of ether oxygens (including phenoxy) is 1. The summed E-state index contributed by atoms with van der Waals surface area (Å²) in [5.41, 5.74) is 9.87. The highest BCUT2D eigenvalue weighted by Gasteiger charge is 2.20. The van der Waals surface area contributed by atoms with Crippen LogP contribution in [0.5, 0.6) is 0 Å². The predicted octanol–water partition coefficient (Wildman–Crippen LogP) is 6.46. The van der Waals surface area contributed by atoms with Crippen LogP contribution in [-0.4, -0.2) is 17.9 Å². The molecule has 0 aromatic heterocycles. The van der Waals surface area contributed by atoms with Crippen LogP contribution in [0.1, 0.15) is 59.4 Å². The zero-order valence-corrected chi connectivity index (χ0v) is 22.5. The summed E-state index contributed by atoms with van der Waals surface area (Å²) in [7, 11) is 0. The first-order valence-corrected chi connectivity index (χ1v) is 12.4. The van der Waals surface area contributed by atoms with Crippen molar-refractivity contribution >= 4 is 11.8 Å². The number of carbonyl (C=O) groups excluding carboxylic acids is 2. The average Bonchev–Trinajstić information content (AvgIpc) is 2.86. The Morgan fingerprint density at radius 3 is 2.36 bits per heavy atom. The molecular formula is C31H42N2O3. The van der Waals surface area contributed by atoms with E-state index in [4.69, 9.17) is 10.5 Å². The summed E-state index contributed by atoms with van der Waals surface area (Å²) in [6, 6.07) is 9.07. The Morgan fingerprint density at radius 1 is 1.17 bits per heavy atom. The monoisotopic (exact) mass is 490 g/mol. The van der Waals surface area contributed by atoms with Crippen LogP contribution in [-0.2, 0) is 20.9 Å². The Kier molecular flexibility index (Phi) is 13.6. The van der Waals surface area contributed by atoms with Gasteiger partial charge in [-0.3, -0.25) is 9.59 Å². The lowest BCUT2D eigenvalue weighted by molar-refractivity contribution is -0.125. The molecule has 0 aliphatic carbocycles. The summed E-state index contributed by atoms with van der Waals surface area (Å²) in [6.07, 6.45) is 11.3. The molecule has 1 aromatic rings. The highest BCUT2D eigenvalue weighted by atomic mass is 16.5. The van der Waals surface area contributed by atoms with Gasteiger partial charge in [-0.05, 0) is 61.5 Å². The van der Waals surface area contributed by atoms with Gasteiger partial charge in [0.2, 0.25) is 11.8 Å². The normalized spacial score (nSPS) is 13.8. The largest absolute Gasteiger partial charge is 0.490 e. The predicted molar refractivity (Wildman–Crippen MR) is 150 cm³/mol. The van der Waals surface area contributed by atoms with Crippen LogP contribution in [0.25, 0.3) is 0 Å². The third kappa shape index (κ3) is 11.2.